The zero-order chi connectivity index (χ0) is 10.1. The number of hydrogen-bond donors (Lipinski definition) is 0. The van der Waals surface area contributed by atoms with Gasteiger partial charge < -0.3 is 0 Å². The Morgan fingerprint density at radius 1 is 1.07 bits per heavy atom. The summed E-state index contributed by atoms with van der Waals surface area (Å²) in [7, 11) is 0. The van der Waals surface area contributed by atoms with E-state index in [1.165, 1.54) is 16.7 Å². The van der Waals surface area contributed by atoms with E-state index in [1.807, 2.05) is 17.1 Å². The van der Waals surface area contributed by atoms with Crippen molar-refractivity contribution in [3.05, 3.63) is 47.3 Å². The van der Waals surface area contributed by atoms with Crippen LogP contribution in [0.2, 0.25) is 0 Å². The Morgan fingerprint density at radius 2 is 1.86 bits per heavy atom. The van der Waals surface area contributed by atoms with Crippen LogP contribution < -0.4 is 0 Å². The van der Waals surface area contributed by atoms with Gasteiger partial charge in [-0.3, -0.25) is 0 Å². The van der Waals surface area contributed by atoms with Gasteiger partial charge in [0, 0.05) is 6.20 Å². The van der Waals surface area contributed by atoms with Gasteiger partial charge in [0.05, 0.1) is 11.9 Å². The van der Waals surface area contributed by atoms with E-state index in [0.29, 0.717) is 0 Å². The van der Waals surface area contributed by atoms with E-state index < -0.39 is 0 Å². The first-order valence-corrected chi connectivity index (χ1v) is 4.76. The van der Waals surface area contributed by atoms with E-state index >= 15 is 0 Å². The number of benzene rings is 1. The molecule has 0 fully saturated rings. The second kappa shape index (κ2) is 3.29. The zero-order valence-corrected chi connectivity index (χ0v) is 8.78. The molecule has 2 nitrogen and oxygen atoms in total. The third-order valence-electron chi connectivity index (χ3n) is 2.32. The summed E-state index contributed by atoms with van der Waals surface area (Å²) in [6.07, 6.45) is 3.92. The van der Waals surface area contributed by atoms with Crippen LogP contribution in [-0.2, 0) is 0 Å². The maximum absolute atomic E-state index is 4.30. The topological polar surface area (TPSA) is 17.8 Å². The van der Waals surface area contributed by atoms with Crippen molar-refractivity contribution in [2.75, 3.05) is 0 Å². The molecule has 0 aliphatic heterocycles. The van der Waals surface area contributed by atoms with Crippen LogP contribution in [0.1, 0.15) is 16.7 Å². The summed E-state index contributed by atoms with van der Waals surface area (Å²) in [6.45, 7) is 6.25. The molecule has 0 bridgehead atoms. The highest BCUT2D eigenvalue weighted by Gasteiger charge is 2.01. The van der Waals surface area contributed by atoms with Crippen molar-refractivity contribution in [2.24, 2.45) is 0 Å². The van der Waals surface area contributed by atoms with E-state index in [1.54, 1.807) is 0 Å². The van der Waals surface area contributed by atoms with Crippen LogP contribution in [0.4, 0.5) is 0 Å². The molecule has 0 spiro atoms. The average Bonchev–Trinajstić information content (AvgIpc) is 2.56. The van der Waals surface area contributed by atoms with Gasteiger partial charge in [0.25, 0.3) is 0 Å². The van der Waals surface area contributed by atoms with Crippen molar-refractivity contribution >= 4 is 0 Å². The van der Waals surface area contributed by atoms with E-state index in [9.17, 15) is 0 Å². The summed E-state index contributed by atoms with van der Waals surface area (Å²) in [6, 6.07) is 6.40. The summed E-state index contributed by atoms with van der Waals surface area (Å²) in [5.41, 5.74) is 4.86. The fourth-order valence-electron chi connectivity index (χ4n) is 1.51. The Morgan fingerprint density at radius 3 is 2.50 bits per heavy atom. The molecule has 0 amide bonds. The highest BCUT2D eigenvalue weighted by molar-refractivity contribution is 5.42. The minimum absolute atomic E-state index is 1.16. The van der Waals surface area contributed by atoms with Crippen LogP contribution in [0.25, 0.3) is 5.69 Å². The third kappa shape index (κ3) is 1.55. The van der Waals surface area contributed by atoms with Crippen molar-refractivity contribution in [1.29, 1.82) is 0 Å². The molecule has 1 heterocycles. The van der Waals surface area contributed by atoms with Crippen LogP contribution in [0.3, 0.4) is 0 Å². The molecule has 0 N–H and O–H groups in total. The van der Waals surface area contributed by atoms with Gasteiger partial charge in [0.15, 0.2) is 0 Å². The molecular weight excluding hydrogens is 172 g/mol. The molecule has 0 unspecified atom stereocenters. The minimum atomic E-state index is 1.16. The van der Waals surface area contributed by atoms with Crippen LogP contribution >= 0.6 is 0 Å². The predicted molar refractivity (Wildman–Crippen MR) is 57.8 cm³/mol. The van der Waals surface area contributed by atoms with Crippen molar-refractivity contribution < 1.29 is 0 Å². The van der Waals surface area contributed by atoms with Crippen molar-refractivity contribution in [3.8, 4) is 5.69 Å². The lowest BCUT2D eigenvalue weighted by Gasteiger charge is -2.06. The average molecular weight is 186 g/mol. The SMILES string of the molecule is Cc1ccc(C)c(-n2cc(C)cn2)c1. The molecule has 14 heavy (non-hydrogen) atoms. The lowest BCUT2D eigenvalue weighted by atomic mass is 10.1. The van der Waals surface area contributed by atoms with Crippen LogP contribution in [0, 0.1) is 20.8 Å². The van der Waals surface area contributed by atoms with Gasteiger partial charge in [-0.15, -0.1) is 0 Å². The number of aromatic nitrogens is 2. The van der Waals surface area contributed by atoms with Crippen LogP contribution in [0.5, 0.6) is 0 Å². The highest BCUT2D eigenvalue weighted by atomic mass is 15.3. The van der Waals surface area contributed by atoms with Gasteiger partial charge in [-0.1, -0.05) is 12.1 Å². The molecule has 2 heteroatoms. The molecule has 1 aromatic carbocycles. The first-order valence-electron chi connectivity index (χ1n) is 4.76. The Bertz CT molecular complexity index is 455. The Balaban J connectivity index is 2.55. The van der Waals surface area contributed by atoms with Crippen LogP contribution in [0.15, 0.2) is 30.6 Å². The fourth-order valence-corrected chi connectivity index (χ4v) is 1.51. The van der Waals surface area contributed by atoms with Crippen molar-refractivity contribution in [1.82, 2.24) is 9.78 Å². The van der Waals surface area contributed by atoms with E-state index in [4.69, 9.17) is 0 Å². The van der Waals surface area contributed by atoms with Crippen molar-refractivity contribution in [3.63, 3.8) is 0 Å². The van der Waals surface area contributed by atoms with E-state index in [-0.39, 0.29) is 0 Å². The van der Waals surface area contributed by atoms with E-state index in [0.717, 1.165) is 5.69 Å². The molecule has 2 aromatic rings. The molecule has 0 radical (unpaired) electrons. The minimum Gasteiger partial charge on any atom is -0.240 e. The van der Waals surface area contributed by atoms with Gasteiger partial charge >= 0.3 is 0 Å². The van der Waals surface area contributed by atoms with Gasteiger partial charge in [-0.05, 0) is 43.5 Å². The number of nitrogens with zero attached hydrogens (tertiary/aromatic N) is 2. The lowest BCUT2D eigenvalue weighted by Crippen LogP contribution is -1.97. The molecule has 2 rings (SSSR count). The molecule has 72 valence electrons. The standard InChI is InChI=1S/C12H14N2/c1-9-4-5-11(3)12(6-9)14-8-10(2)7-13-14/h4-8H,1-3H3. The molecule has 0 saturated carbocycles. The quantitative estimate of drug-likeness (QED) is 0.669. The highest BCUT2D eigenvalue weighted by Crippen LogP contribution is 2.15. The largest absolute Gasteiger partial charge is 0.240 e. The molecular formula is C12H14N2. The Kier molecular flexibility index (Phi) is 2.12. The molecule has 0 saturated heterocycles. The summed E-state index contributed by atoms with van der Waals surface area (Å²) in [5.74, 6) is 0. The number of aryl methyl sites for hydroxylation is 3. The monoisotopic (exact) mass is 186 g/mol. The Labute approximate surface area is 84.2 Å². The first kappa shape index (κ1) is 9.00. The zero-order valence-electron chi connectivity index (χ0n) is 8.78. The lowest BCUT2D eigenvalue weighted by molar-refractivity contribution is 0.871. The van der Waals surface area contributed by atoms with Crippen molar-refractivity contribution in [2.45, 2.75) is 20.8 Å². The second-order valence-electron chi connectivity index (χ2n) is 3.75. The Hall–Kier alpha value is -1.57. The second-order valence-corrected chi connectivity index (χ2v) is 3.75. The summed E-state index contributed by atoms with van der Waals surface area (Å²) < 4.78 is 1.93. The van der Waals surface area contributed by atoms with Gasteiger partial charge in [-0.2, -0.15) is 5.10 Å². The maximum atomic E-state index is 4.30. The fraction of sp³-hybridized carbons (Fsp3) is 0.250. The van der Waals surface area contributed by atoms with E-state index in [2.05, 4.69) is 44.1 Å². The predicted octanol–water partition coefficient (Wildman–Crippen LogP) is 2.80. The van der Waals surface area contributed by atoms with Gasteiger partial charge in [0.2, 0.25) is 0 Å². The third-order valence-corrected chi connectivity index (χ3v) is 2.32. The maximum Gasteiger partial charge on any atom is 0.0677 e. The van der Waals surface area contributed by atoms with Gasteiger partial charge in [-0.25, -0.2) is 4.68 Å². The summed E-state index contributed by atoms with van der Waals surface area (Å²) >= 11 is 0. The molecule has 0 atom stereocenters. The molecule has 1 aromatic heterocycles. The summed E-state index contributed by atoms with van der Waals surface area (Å²) in [4.78, 5) is 0. The number of rotatable bonds is 1. The number of hydrogen-bond acceptors (Lipinski definition) is 1. The normalized spacial score (nSPS) is 10.5. The summed E-state index contributed by atoms with van der Waals surface area (Å²) in [5, 5.41) is 4.30. The molecule has 0 aliphatic rings. The van der Waals surface area contributed by atoms with Crippen LogP contribution in [-0.4, -0.2) is 9.78 Å². The molecule has 0 aliphatic carbocycles. The van der Waals surface area contributed by atoms with Gasteiger partial charge in [0.1, 0.15) is 0 Å². The first-order chi connectivity index (χ1) is 6.66. The smallest absolute Gasteiger partial charge is 0.0677 e.